The first-order valence-electron chi connectivity index (χ1n) is 9.78. The highest BCUT2D eigenvalue weighted by Gasteiger charge is 2.29. The Morgan fingerprint density at radius 3 is 2.67 bits per heavy atom. The number of anilines is 2. The Bertz CT molecular complexity index is 1050. The normalized spacial score (nSPS) is 17.8. The number of nitrogens with one attached hydrogen (secondary N) is 2. The number of benzene rings is 1. The predicted octanol–water partition coefficient (Wildman–Crippen LogP) is 3.14. The first-order chi connectivity index (χ1) is 14.5. The van der Waals surface area contributed by atoms with Crippen molar-refractivity contribution in [2.75, 3.05) is 5.32 Å². The molecule has 0 bridgehead atoms. The highest BCUT2D eigenvalue weighted by atomic mass is 16.5. The summed E-state index contributed by atoms with van der Waals surface area (Å²) in [5.41, 5.74) is 7.70. The maximum absolute atomic E-state index is 8.84. The Balaban J connectivity index is 1.62. The molecule has 2 heterocycles. The molecule has 4 N–H and O–H groups in total. The van der Waals surface area contributed by atoms with E-state index in [9.17, 15) is 0 Å². The third-order valence-corrected chi connectivity index (χ3v) is 4.65. The van der Waals surface area contributed by atoms with Gasteiger partial charge in [-0.25, -0.2) is 9.97 Å². The Morgan fingerprint density at radius 1 is 1.20 bits per heavy atom. The molecule has 9 heteroatoms. The lowest BCUT2D eigenvalue weighted by molar-refractivity contribution is 0.101. The number of nitrogens with two attached hydrogens (primary N) is 1. The zero-order chi connectivity index (χ0) is 21.1. The van der Waals surface area contributed by atoms with Gasteiger partial charge in [0.05, 0.1) is 29.8 Å². The van der Waals surface area contributed by atoms with Crippen molar-refractivity contribution in [3.63, 3.8) is 0 Å². The first-order valence-corrected chi connectivity index (χ1v) is 9.78. The van der Waals surface area contributed by atoms with Crippen molar-refractivity contribution in [3.05, 3.63) is 42.4 Å². The summed E-state index contributed by atoms with van der Waals surface area (Å²) in [6.45, 7) is 3.96. The lowest BCUT2D eigenvalue weighted by Crippen LogP contribution is -2.43. The van der Waals surface area contributed by atoms with Crippen LogP contribution in [0.1, 0.15) is 32.4 Å². The van der Waals surface area contributed by atoms with Gasteiger partial charge in [0.2, 0.25) is 0 Å². The van der Waals surface area contributed by atoms with E-state index in [-0.39, 0.29) is 23.9 Å². The number of H-pyrrole nitrogens is 1. The van der Waals surface area contributed by atoms with Gasteiger partial charge in [0, 0.05) is 12.1 Å². The summed E-state index contributed by atoms with van der Waals surface area (Å²) in [5, 5.41) is 19.3. The molecule has 3 aromatic rings. The summed E-state index contributed by atoms with van der Waals surface area (Å²) >= 11 is 0. The number of ether oxygens (including phenoxy) is 2. The topological polar surface area (TPSA) is 135 Å². The van der Waals surface area contributed by atoms with Gasteiger partial charge in [-0.15, -0.1) is 0 Å². The lowest BCUT2D eigenvalue weighted by Gasteiger charge is -2.33. The van der Waals surface area contributed by atoms with Crippen molar-refractivity contribution in [1.82, 2.24) is 20.2 Å². The van der Waals surface area contributed by atoms with Crippen LogP contribution in [0, 0.1) is 11.3 Å². The third kappa shape index (κ3) is 4.34. The smallest absolute Gasteiger partial charge is 0.158 e. The Labute approximate surface area is 174 Å². The zero-order valence-corrected chi connectivity index (χ0v) is 16.8. The van der Waals surface area contributed by atoms with Crippen LogP contribution < -0.4 is 20.5 Å². The van der Waals surface area contributed by atoms with E-state index in [0.29, 0.717) is 17.4 Å². The molecule has 0 unspecified atom stereocenters. The van der Waals surface area contributed by atoms with E-state index >= 15 is 0 Å². The molecule has 0 amide bonds. The number of nitrogens with zero attached hydrogens (tertiary/aromatic N) is 4. The molecule has 0 radical (unpaired) electrons. The summed E-state index contributed by atoms with van der Waals surface area (Å²) in [4.78, 5) is 8.15. The number of aromatic amines is 1. The van der Waals surface area contributed by atoms with Gasteiger partial charge in [0.15, 0.2) is 11.5 Å². The van der Waals surface area contributed by atoms with Gasteiger partial charge in [-0.05, 0) is 38.8 Å². The SMILES string of the molecule is CC(C)Oc1cccc(OC2CC(N)C2)c1-c1cc(Nc2cnc(C#N)cn2)n[nH]1. The zero-order valence-electron chi connectivity index (χ0n) is 16.8. The van der Waals surface area contributed by atoms with E-state index in [2.05, 4.69) is 25.5 Å². The predicted molar refractivity (Wildman–Crippen MR) is 111 cm³/mol. The van der Waals surface area contributed by atoms with Crippen LogP contribution in [0.4, 0.5) is 11.6 Å². The molecular weight excluding hydrogens is 382 g/mol. The van der Waals surface area contributed by atoms with Crippen LogP contribution in [-0.4, -0.2) is 38.4 Å². The quantitative estimate of drug-likeness (QED) is 0.546. The molecule has 1 aliphatic carbocycles. The Hall–Kier alpha value is -3.64. The fourth-order valence-electron chi connectivity index (χ4n) is 3.20. The molecule has 4 rings (SSSR count). The average Bonchev–Trinajstić information content (AvgIpc) is 3.15. The van der Waals surface area contributed by atoms with Gasteiger partial charge in [-0.3, -0.25) is 5.10 Å². The second-order valence-corrected chi connectivity index (χ2v) is 7.46. The minimum atomic E-state index is 0.00515. The summed E-state index contributed by atoms with van der Waals surface area (Å²) in [7, 11) is 0. The van der Waals surface area contributed by atoms with Gasteiger partial charge >= 0.3 is 0 Å². The van der Waals surface area contributed by atoms with E-state index in [1.807, 2.05) is 44.2 Å². The maximum Gasteiger partial charge on any atom is 0.158 e. The van der Waals surface area contributed by atoms with E-state index < -0.39 is 0 Å². The molecule has 154 valence electrons. The molecule has 30 heavy (non-hydrogen) atoms. The summed E-state index contributed by atoms with van der Waals surface area (Å²) in [6.07, 6.45) is 4.66. The number of hydrogen-bond donors (Lipinski definition) is 3. The monoisotopic (exact) mass is 405 g/mol. The second-order valence-electron chi connectivity index (χ2n) is 7.46. The molecule has 1 aromatic carbocycles. The van der Waals surface area contributed by atoms with Gasteiger partial charge in [-0.2, -0.15) is 10.4 Å². The van der Waals surface area contributed by atoms with Gasteiger partial charge in [0.25, 0.3) is 0 Å². The first kappa shape index (κ1) is 19.7. The molecule has 1 fully saturated rings. The number of nitriles is 1. The van der Waals surface area contributed by atoms with E-state index in [4.69, 9.17) is 20.5 Å². The molecule has 0 saturated heterocycles. The fourth-order valence-corrected chi connectivity index (χ4v) is 3.20. The van der Waals surface area contributed by atoms with Crippen molar-refractivity contribution >= 4 is 11.6 Å². The molecule has 0 spiro atoms. The van der Waals surface area contributed by atoms with Gasteiger partial charge in [-0.1, -0.05) is 6.07 Å². The van der Waals surface area contributed by atoms with Crippen molar-refractivity contribution in [1.29, 1.82) is 5.26 Å². The van der Waals surface area contributed by atoms with Crippen molar-refractivity contribution < 1.29 is 9.47 Å². The number of aromatic nitrogens is 4. The lowest BCUT2D eigenvalue weighted by atomic mass is 9.90. The second kappa shape index (κ2) is 8.39. The average molecular weight is 405 g/mol. The van der Waals surface area contributed by atoms with Gasteiger partial charge in [0.1, 0.15) is 29.5 Å². The minimum Gasteiger partial charge on any atom is -0.490 e. The van der Waals surface area contributed by atoms with E-state index in [0.717, 1.165) is 29.8 Å². The van der Waals surface area contributed by atoms with Crippen LogP contribution >= 0.6 is 0 Å². The van der Waals surface area contributed by atoms with Crippen LogP contribution in [0.5, 0.6) is 11.5 Å². The number of hydrogen-bond acceptors (Lipinski definition) is 8. The largest absolute Gasteiger partial charge is 0.490 e. The molecule has 2 aromatic heterocycles. The Morgan fingerprint density at radius 2 is 2.00 bits per heavy atom. The Kier molecular flexibility index (Phi) is 5.50. The van der Waals surface area contributed by atoms with E-state index in [1.54, 1.807) is 0 Å². The summed E-state index contributed by atoms with van der Waals surface area (Å²) in [6, 6.07) is 9.74. The van der Waals surface area contributed by atoms with Crippen LogP contribution in [0.25, 0.3) is 11.3 Å². The third-order valence-electron chi connectivity index (χ3n) is 4.65. The maximum atomic E-state index is 8.84. The molecule has 9 nitrogen and oxygen atoms in total. The molecule has 0 aliphatic heterocycles. The van der Waals surface area contributed by atoms with Crippen molar-refractivity contribution in [3.8, 4) is 28.8 Å². The summed E-state index contributed by atoms with van der Waals surface area (Å²) < 4.78 is 12.2. The van der Waals surface area contributed by atoms with E-state index in [1.165, 1.54) is 12.4 Å². The van der Waals surface area contributed by atoms with Crippen LogP contribution in [0.3, 0.4) is 0 Å². The van der Waals surface area contributed by atoms with Crippen LogP contribution in [0.15, 0.2) is 36.7 Å². The van der Waals surface area contributed by atoms with Crippen molar-refractivity contribution in [2.45, 2.75) is 44.9 Å². The molecule has 0 atom stereocenters. The van der Waals surface area contributed by atoms with Crippen molar-refractivity contribution in [2.24, 2.45) is 5.73 Å². The summed E-state index contributed by atoms with van der Waals surface area (Å²) in [5.74, 6) is 2.47. The standard InChI is InChI=1S/C21H23N7O2/c1-12(2)29-17-4-3-5-18(30-15-6-13(23)7-15)21(17)16-8-19(28-27-16)26-20-11-24-14(9-22)10-25-20/h3-5,8,10-13,15H,6-7,23H2,1-2H3,(H2,25,26,27,28). The van der Waals surface area contributed by atoms with Crippen LogP contribution in [-0.2, 0) is 0 Å². The highest BCUT2D eigenvalue weighted by Crippen LogP contribution is 2.40. The molecule has 1 aliphatic rings. The highest BCUT2D eigenvalue weighted by molar-refractivity contribution is 5.76. The molecule has 1 saturated carbocycles. The van der Waals surface area contributed by atoms with Gasteiger partial charge < -0.3 is 20.5 Å². The number of rotatable bonds is 7. The molecular formula is C21H23N7O2. The van der Waals surface area contributed by atoms with Crippen LogP contribution in [0.2, 0.25) is 0 Å². The fraction of sp³-hybridized carbons (Fsp3) is 0.333. The minimum absolute atomic E-state index is 0.00515.